The standard InChI is InChI=1S/C14H15F3/c1-5-11-12(10(4)9(2)3)7-6-8-13(11)14(15,16)17/h5-9H,1,4H2,2-3H3. The van der Waals surface area contributed by atoms with Gasteiger partial charge in [-0.15, -0.1) is 0 Å². The van der Waals surface area contributed by atoms with Gasteiger partial charge in [0.05, 0.1) is 5.56 Å². The summed E-state index contributed by atoms with van der Waals surface area (Å²) in [5.41, 5.74) is 0.654. The molecular formula is C14H15F3. The molecule has 92 valence electrons. The summed E-state index contributed by atoms with van der Waals surface area (Å²) in [5, 5.41) is 0. The molecule has 0 nitrogen and oxygen atoms in total. The molecular weight excluding hydrogens is 225 g/mol. The summed E-state index contributed by atoms with van der Waals surface area (Å²) in [4.78, 5) is 0. The minimum Gasteiger partial charge on any atom is -0.166 e. The van der Waals surface area contributed by atoms with Crippen LogP contribution in [0.1, 0.15) is 30.5 Å². The Morgan fingerprint density at radius 2 is 1.88 bits per heavy atom. The van der Waals surface area contributed by atoms with Gasteiger partial charge in [-0.2, -0.15) is 13.2 Å². The minimum absolute atomic E-state index is 0.0946. The lowest BCUT2D eigenvalue weighted by Gasteiger charge is -2.17. The Hall–Kier alpha value is -1.51. The Labute approximate surface area is 99.5 Å². The molecule has 1 rings (SSSR count). The smallest absolute Gasteiger partial charge is 0.166 e. The highest BCUT2D eigenvalue weighted by Crippen LogP contribution is 2.36. The molecule has 1 aromatic carbocycles. The van der Waals surface area contributed by atoms with E-state index < -0.39 is 11.7 Å². The first-order valence-electron chi connectivity index (χ1n) is 5.30. The van der Waals surface area contributed by atoms with Crippen LogP contribution in [0.4, 0.5) is 13.2 Å². The van der Waals surface area contributed by atoms with Crippen LogP contribution in [0.5, 0.6) is 0 Å². The van der Waals surface area contributed by atoms with Crippen molar-refractivity contribution in [2.75, 3.05) is 0 Å². The van der Waals surface area contributed by atoms with Crippen LogP contribution in [-0.2, 0) is 6.18 Å². The molecule has 0 aromatic heterocycles. The van der Waals surface area contributed by atoms with Crippen molar-refractivity contribution in [1.82, 2.24) is 0 Å². The highest BCUT2D eigenvalue weighted by Gasteiger charge is 2.33. The summed E-state index contributed by atoms with van der Waals surface area (Å²) in [6, 6.07) is 4.11. The minimum atomic E-state index is -4.36. The van der Waals surface area contributed by atoms with Gasteiger partial charge in [0, 0.05) is 0 Å². The number of alkyl halides is 3. The van der Waals surface area contributed by atoms with Gasteiger partial charge in [0.2, 0.25) is 0 Å². The second kappa shape index (κ2) is 4.78. The fourth-order valence-electron chi connectivity index (χ4n) is 1.62. The topological polar surface area (TPSA) is 0 Å². The van der Waals surface area contributed by atoms with E-state index in [1.807, 2.05) is 13.8 Å². The number of hydrogen-bond donors (Lipinski definition) is 0. The molecule has 0 amide bonds. The van der Waals surface area contributed by atoms with Crippen LogP contribution < -0.4 is 0 Å². The fourth-order valence-corrected chi connectivity index (χ4v) is 1.62. The predicted molar refractivity (Wildman–Crippen MR) is 65.4 cm³/mol. The van der Waals surface area contributed by atoms with Gasteiger partial charge >= 0.3 is 6.18 Å². The number of allylic oxidation sites excluding steroid dienone is 1. The highest BCUT2D eigenvalue weighted by atomic mass is 19.4. The quantitative estimate of drug-likeness (QED) is 0.696. The monoisotopic (exact) mass is 240 g/mol. The van der Waals surface area contributed by atoms with Gasteiger partial charge in [-0.25, -0.2) is 0 Å². The molecule has 0 aliphatic rings. The van der Waals surface area contributed by atoms with Crippen molar-refractivity contribution >= 4 is 11.6 Å². The molecule has 0 spiro atoms. The average Bonchev–Trinajstić information content (AvgIpc) is 2.25. The van der Waals surface area contributed by atoms with E-state index in [0.717, 1.165) is 6.07 Å². The third-order valence-corrected chi connectivity index (χ3v) is 2.66. The number of halogens is 3. The Morgan fingerprint density at radius 3 is 2.29 bits per heavy atom. The lowest BCUT2D eigenvalue weighted by Crippen LogP contribution is -2.09. The molecule has 17 heavy (non-hydrogen) atoms. The zero-order chi connectivity index (χ0) is 13.2. The lowest BCUT2D eigenvalue weighted by molar-refractivity contribution is -0.137. The van der Waals surface area contributed by atoms with Gasteiger partial charge in [-0.05, 0) is 28.7 Å². The Balaban J connectivity index is 3.44. The van der Waals surface area contributed by atoms with Crippen LogP contribution in [-0.4, -0.2) is 0 Å². The van der Waals surface area contributed by atoms with Crippen molar-refractivity contribution in [1.29, 1.82) is 0 Å². The first-order chi connectivity index (χ1) is 7.79. The van der Waals surface area contributed by atoms with Gasteiger partial charge < -0.3 is 0 Å². The van der Waals surface area contributed by atoms with Gasteiger partial charge in [0.15, 0.2) is 0 Å². The molecule has 0 unspecified atom stereocenters. The Bertz CT molecular complexity index is 439. The largest absolute Gasteiger partial charge is 0.417 e. The van der Waals surface area contributed by atoms with Crippen molar-refractivity contribution in [3.8, 4) is 0 Å². The summed E-state index contributed by atoms with van der Waals surface area (Å²) >= 11 is 0. The van der Waals surface area contributed by atoms with Gasteiger partial charge in [-0.1, -0.05) is 45.2 Å². The SMILES string of the molecule is C=Cc1c(C(=C)C(C)C)cccc1C(F)(F)F. The zero-order valence-electron chi connectivity index (χ0n) is 9.93. The van der Waals surface area contributed by atoms with Crippen molar-refractivity contribution in [2.24, 2.45) is 5.92 Å². The zero-order valence-corrected chi connectivity index (χ0v) is 9.93. The fraction of sp³-hybridized carbons (Fsp3) is 0.286. The number of rotatable bonds is 3. The van der Waals surface area contributed by atoms with Crippen molar-refractivity contribution < 1.29 is 13.2 Å². The predicted octanol–water partition coefficient (Wildman–Crippen LogP) is 5.02. The third-order valence-electron chi connectivity index (χ3n) is 2.66. The van der Waals surface area contributed by atoms with E-state index in [9.17, 15) is 13.2 Å². The van der Waals surface area contributed by atoms with E-state index in [1.54, 1.807) is 6.07 Å². The van der Waals surface area contributed by atoms with Gasteiger partial charge in [0.25, 0.3) is 0 Å². The highest BCUT2D eigenvalue weighted by molar-refractivity contribution is 5.75. The van der Waals surface area contributed by atoms with E-state index in [2.05, 4.69) is 13.2 Å². The van der Waals surface area contributed by atoms with Crippen molar-refractivity contribution in [2.45, 2.75) is 20.0 Å². The molecule has 0 atom stereocenters. The summed E-state index contributed by atoms with van der Waals surface area (Å²) in [6.45, 7) is 11.1. The maximum absolute atomic E-state index is 12.8. The number of hydrogen-bond acceptors (Lipinski definition) is 0. The summed E-state index contributed by atoms with van der Waals surface area (Å²) in [6.07, 6.45) is -3.12. The molecule has 0 fully saturated rings. The molecule has 0 heterocycles. The third kappa shape index (κ3) is 2.78. The van der Waals surface area contributed by atoms with Crippen LogP contribution in [0.3, 0.4) is 0 Å². The summed E-state index contributed by atoms with van der Waals surface area (Å²) in [7, 11) is 0. The Morgan fingerprint density at radius 1 is 1.29 bits per heavy atom. The average molecular weight is 240 g/mol. The maximum Gasteiger partial charge on any atom is 0.417 e. The molecule has 0 bridgehead atoms. The van der Waals surface area contributed by atoms with Crippen LogP contribution >= 0.6 is 0 Å². The summed E-state index contributed by atoms with van der Waals surface area (Å²) in [5.74, 6) is 0.0946. The Kier molecular flexibility index (Phi) is 3.81. The molecule has 1 aromatic rings. The first kappa shape index (κ1) is 13.6. The summed E-state index contributed by atoms with van der Waals surface area (Å²) < 4.78 is 38.4. The van der Waals surface area contributed by atoms with Crippen LogP contribution in [0.2, 0.25) is 0 Å². The molecule has 0 saturated heterocycles. The van der Waals surface area contributed by atoms with Crippen LogP contribution in [0, 0.1) is 5.92 Å². The van der Waals surface area contributed by atoms with E-state index in [-0.39, 0.29) is 11.5 Å². The van der Waals surface area contributed by atoms with Crippen LogP contribution in [0.15, 0.2) is 31.4 Å². The lowest BCUT2D eigenvalue weighted by atomic mass is 9.90. The van der Waals surface area contributed by atoms with Crippen molar-refractivity contribution in [3.05, 3.63) is 48.0 Å². The molecule has 0 saturated carbocycles. The first-order valence-corrected chi connectivity index (χ1v) is 5.30. The maximum atomic E-state index is 12.8. The number of benzene rings is 1. The molecule has 0 radical (unpaired) electrons. The van der Waals surface area contributed by atoms with E-state index in [1.165, 1.54) is 12.1 Å². The molecule has 0 aliphatic heterocycles. The van der Waals surface area contributed by atoms with Gasteiger partial charge in [-0.3, -0.25) is 0 Å². The molecule has 0 aliphatic carbocycles. The van der Waals surface area contributed by atoms with E-state index in [4.69, 9.17) is 0 Å². The molecule has 0 N–H and O–H groups in total. The molecule has 3 heteroatoms. The van der Waals surface area contributed by atoms with Crippen LogP contribution in [0.25, 0.3) is 11.6 Å². The normalized spacial score (nSPS) is 11.6. The van der Waals surface area contributed by atoms with Gasteiger partial charge in [0.1, 0.15) is 0 Å². The van der Waals surface area contributed by atoms with E-state index in [0.29, 0.717) is 11.1 Å². The second-order valence-corrected chi connectivity index (χ2v) is 4.15. The van der Waals surface area contributed by atoms with E-state index >= 15 is 0 Å². The second-order valence-electron chi connectivity index (χ2n) is 4.15. The van der Waals surface area contributed by atoms with Crippen molar-refractivity contribution in [3.63, 3.8) is 0 Å².